The predicted octanol–water partition coefficient (Wildman–Crippen LogP) is 2.05. The van der Waals surface area contributed by atoms with Gasteiger partial charge in [0.25, 0.3) is 0 Å². The van der Waals surface area contributed by atoms with Crippen LogP contribution in [-0.2, 0) is 17.7 Å². The number of carbonyl (C=O) groups is 1. The quantitative estimate of drug-likeness (QED) is 0.778. The van der Waals surface area contributed by atoms with E-state index in [1.54, 1.807) is 12.1 Å². The van der Waals surface area contributed by atoms with Crippen molar-refractivity contribution in [2.45, 2.75) is 19.9 Å². The van der Waals surface area contributed by atoms with Crippen LogP contribution in [-0.4, -0.2) is 30.3 Å². The van der Waals surface area contributed by atoms with E-state index in [4.69, 9.17) is 9.15 Å². The largest absolute Gasteiger partial charge is 0.465 e. The van der Waals surface area contributed by atoms with E-state index >= 15 is 0 Å². The van der Waals surface area contributed by atoms with Crippen molar-refractivity contribution < 1.29 is 13.9 Å². The fourth-order valence-corrected chi connectivity index (χ4v) is 1.87. The van der Waals surface area contributed by atoms with Crippen LogP contribution >= 0.6 is 0 Å². The molecule has 0 N–H and O–H groups in total. The summed E-state index contributed by atoms with van der Waals surface area (Å²) in [5.74, 6) is 0.755. The fraction of sp³-hybridized carbons (Fsp3) is 0.357. The van der Waals surface area contributed by atoms with E-state index < -0.39 is 0 Å². The molecule has 1 aromatic carbocycles. The van der Waals surface area contributed by atoms with Crippen LogP contribution in [0, 0.1) is 0 Å². The molecule has 0 aliphatic carbocycles. The van der Waals surface area contributed by atoms with E-state index in [-0.39, 0.29) is 5.97 Å². The number of anilines is 1. The van der Waals surface area contributed by atoms with E-state index in [0.29, 0.717) is 30.3 Å². The Labute approximate surface area is 117 Å². The molecule has 0 saturated heterocycles. The number of rotatable bonds is 5. The zero-order chi connectivity index (χ0) is 14.5. The fourth-order valence-electron chi connectivity index (χ4n) is 1.87. The van der Waals surface area contributed by atoms with Crippen LogP contribution in [0.5, 0.6) is 0 Å². The molecule has 0 amide bonds. The van der Waals surface area contributed by atoms with E-state index in [0.717, 1.165) is 5.69 Å². The molecule has 106 valence electrons. The van der Waals surface area contributed by atoms with Crippen molar-refractivity contribution in [3.8, 4) is 0 Å². The normalized spacial score (nSPS) is 10.3. The number of hydrogen-bond donors (Lipinski definition) is 0. The molecular weight excluding hydrogens is 258 g/mol. The molecule has 0 saturated carbocycles. The second kappa shape index (κ2) is 6.18. The van der Waals surface area contributed by atoms with Gasteiger partial charge in [-0.3, -0.25) is 0 Å². The van der Waals surface area contributed by atoms with Crippen LogP contribution in [0.1, 0.15) is 29.1 Å². The summed E-state index contributed by atoms with van der Waals surface area (Å²) < 4.78 is 10.3. The van der Waals surface area contributed by atoms with Crippen LogP contribution in [0.15, 0.2) is 28.7 Å². The number of nitrogens with zero attached hydrogens (tertiary/aromatic N) is 3. The summed E-state index contributed by atoms with van der Waals surface area (Å²) in [5, 5.41) is 7.89. The number of aryl methyl sites for hydroxylation is 1. The summed E-state index contributed by atoms with van der Waals surface area (Å²) in [6.07, 6.45) is 0.704. The Bertz CT molecular complexity index is 595. The first-order valence-corrected chi connectivity index (χ1v) is 6.35. The number of esters is 1. The van der Waals surface area contributed by atoms with E-state index in [1.807, 2.05) is 31.0 Å². The summed E-state index contributed by atoms with van der Waals surface area (Å²) in [5.41, 5.74) is 1.27. The number of para-hydroxylation sites is 1. The van der Waals surface area contributed by atoms with Gasteiger partial charge in [-0.15, -0.1) is 10.2 Å². The zero-order valence-electron chi connectivity index (χ0n) is 11.8. The van der Waals surface area contributed by atoms with Crippen molar-refractivity contribution in [2.24, 2.45) is 0 Å². The maximum Gasteiger partial charge on any atom is 0.339 e. The second-order valence-corrected chi connectivity index (χ2v) is 4.31. The van der Waals surface area contributed by atoms with Gasteiger partial charge in [-0.1, -0.05) is 19.1 Å². The molecule has 0 spiro atoms. The third-order valence-electron chi connectivity index (χ3n) is 2.90. The highest BCUT2D eigenvalue weighted by molar-refractivity contribution is 5.95. The molecule has 2 rings (SSSR count). The van der Waals surface area contributed by atoms with Crippen LogP contribution in [0.2, 0.25) is 0 Å². The van der Waals surface area contributed by atoms with E-state index in [9.17, 15) is 4.79 Å². The molecule has 6 heteroatoms. The number of carbonyl (C=O) groups excluding carboxylic acids is 1. The van der Waals surface area contributed by atoms with Crippen molar-refractivity contribution >= 4 is 11.7 Å². The topological polar surface area (TPSA) is 68.5 Å². The summed E-state index contributed by atoms with van der Waals surface area (Å²) in [6.45, 7) is 2.38. The van der Waals surface area contributed by atoms with Crippen molar-refractivity contribution in [1.29, 1.82) is 0 Å². The summed E-state index contributed by atoms with van der Waals surface area (Å²) in [4.78, 5) is 13.6. The average Bonchev–Trinajstić information content (AvgIpc) is 2.94. The highest BCUT2D eigenvalue weighted by Gasteiger charge is 2.16. The number of methoxy groups -OCH3 is 1. The molecular formula is C14H17N3O3. The Morgan fingerprint density at radius 2 is 2.00 bits per heavy atom. The Balaban J connectivity index is 2.20. The second-order valence-electron chi connectivity index (χ2n) is 4.31. The molecule has 2 aromatic rings. The minimum atomic E-state index is -0.368. The van der Waals surface area contributed by atoms with Gasteiger partial charge in [-0.05, 0) is 12.1 Å². The minimum absolute atomic E-state index is 0.368. The standard InChI is InChI=1S/C14H17N3O3/c1-4-12-15-16-13(20-12)9-17(2)11-8-6-5-7-10(11)14(18)19-3/h5-8H,4,9H2,1-3H3. The van der Waals surface area contributed by atoms with Crippen LogP contribution < -0.4 is 4.90 Å². The molecule has 0 aliphatic heterocycles. The Kier molecular flexibility index (Phi) is 4.34. The third kappa shape index (κ3) is 2.96. The summed E-state index contributed by atoms with van der Waals surface area (Å²) in [6, 6.07) is 7.24. The van der Waals surface area contributed by atoms with Gasteiger partial charge in [-0.2, -0.15) is 0 Å². The molecule has 0 aliphatic rings. The maximum atomic E-state index is 11.7. The molecule has 0 unspecified atom stereocenters. The lowest BCUT2D eigenvalue weighted by molar-refractivity contribution is 0.0601. The SMILES string of the molecule is CCc1nnc(CN(C)c2ccccc2C(=O)OC)o1. The van der Waals surface area contributed by atoms with Gasteiger partial charge >= 0.3 is 5.97 Å². The van der Waals surface area contributed by atoms with E-state index in [2.05, 4.69) is 10.2 Å². The monoisotopic (exact) mass is 275 g/mol. The van der Waals surface area contributed by atoms with Gasteiger partial charge in [0.2, 0.25) is 11.8 Å². The number of hydrogen-bond acceptors (Lipinski definition) is 6. The van der Waals surface area contributed by atoms with Crippen molar-refractivity contribution in [1.82, 2.24) is 10.2 Å². The molecule has 0 radical (unpaired) electrons. The van der Waals surface area contributed by atoms with Gasteiger partial charge < -0.3 is 14.1 Å². The Hall–Kier alpha value is -2.37. The predicted molar refractivity (Wildman–Crippen MR) is 73.6 cm³/mol. The highest BCUT2D eigenvalue weighted by Crippen LogP contribution is 2.21. The first-order valence-electron chi connectivity index (χ1n) is 6.35. The number of aromatic nitrogens is 2. The molecule has 1 aromatic heterocycles. The third-order valence-corrected chi connectivity index (χ3v) is 2.90. The first-order chi connectivity index (χ1) is 9.65. The lowest BCUT2D eigenvalue weighted by Crippen LogP contribution is -2.20. The van der Waals surface area contributed by atoms with Gasteiger partial charge in [0.15, 0.2) is 0 Å². The smallest absolute Gasteiger partial charge is 0.339 e. The number of benzene rings is 1. The molecule has 20 heavy (non-hydrogen) atoms. The average molecular weight is 275 g/mol. The minimum Gasteiger partial charge on any atom is -0.465 e. The number of ether oxygens (including phenoxy) is 1. The van der Waals surface area contributed by atoms with Crippen molar-refractivity contribution in [3.63, 3.8) is 0 Å². The van der Waals surface area contributed by atoms with Crippen LogP contribution in [0.3, 0.4) is 0 Å². The molecule has 1 heterocycles. The molecule has 6 nitrogen and oxygen atoms in total. The molecule has 0 fully saturated rings. The van der Waals surface area contributed by atoms with Gasteiger partial charge in [0.05, 0.1) is 24.9 Å². The molecule has 0 atom stereocenters. The lowest BCUT2D eigenvalue weighted by atomic mass is 10.1. The van der Waals surface area contributed by atoms with Crippen LogP contribution in [0.25, 0.3) is 0 Å². The van der Waals surface area contributed by atoms with Gasteiger partial charge in [0.1, 0.15) is 0 Å². The zero-order valence-corrected chi connectivity index (χ0v) is 11.8. The Morgan fingerprint density at radius 3 is 2.65 bits per heavy atom. The van der Waals surface area contributed by atoms with Gasteiger partial charge in [-0.25, -0.2) is 4.79 Å². The Morgan fingerprint density at radius 1 is 1.30 bits per heavy atom. The lowest BCUT2D eigenvalue weighted by Gasteiger charge is -2.19. The summed E-state index contributed by atoms with van der Waals surface area (Å²) in [7, 11) is 3.22. The van der Waals surface area contributed by atoms with E-state index in [1.165, 1.54) is 7.11 Å². The van der Waals surface area contributed by atoms with Gasteiger partial charge in [0, 0.05) is 13.5 Å². The first kappa shape index (κ1) is 14.0. The van der Waals surface area contributed by atoms with Crippen molar-refractivity contribution in [2.75, 3.05) is 19.1 Å². The molecule has 0 bridgehead atoms. The maximum absolute atomic E-state index is 11.7. The highest BCUT2D eigenvalue weighted by atomic mass is 16.5. The van der Waals surface area contributed by atoms with Crippen molar-refractivity contribution in [3.05, 3.63) is 41.6 Å². The summed E-state index contributed by atoms with van der Waals surface area (Å²) >= 11 is 0. The van der Waals surface area contributed by atoms with Crippen LogP contribution in [0.4, 0.5) is 5.69 Å².